The quantitative estimate of drug-likeness (QED) is 0.759. The monoisotopic (exact) mass is 302 g/mol. The molecule has 0 fully saturated rings. The van der Waals surface area contributed by atoms with Crippen LogP contribution < -0.4 is 10.9 Å². The van der Waals surface area contributed by atoms with E-state index in [9.17, 15) is 9.59 Å². The number of rotatable bonds is 4. The Bertz CT molecular complexity index is 807. The minimum absolute atomic E-state index is 0.130. The van der Waals surface area contributed by atoms with Gasteiger partial charge >= 0.3 is 0 Å². The molecule has 106 valence electrons. The maximum Gasteiger partial charge on any atom is 0.252 e. The van der Waals surface area contributed by atoms with Gasteiger partial charge in [0.1, 0.15) is 0 Å². The average Bonchev–Trinajstić information content (AvgIpc) is 3.16. The summed E-state index contributed by atoms with van der Waals surface area (Å²) in [4.78, 5) is 29.6. The molecule has 0 aliphatic rings. The van der Waals surface area contributed by atoms with E-state index in [2.05, 4.69) is 20.4 Å². The molecule has 0 aromatic carbocycles. The van der Waals surface area contributed by atoms with Crippen molar-refractivity contribution in [3.05, 3.63) is 57.0 Å². The van der Waals surface area contributed by atoms with Crippen LogP contribution in [-0.4, -0.2) is 21.0 Å². The van der Waals surface area contributed by atoms with Gasteiger partial charge in [0.05, 0.1) is 6.54 Å². The number of amides is 1. The molecule has 0 unspecified atom stereocenters. The third-order valence-electron chi connectivity index (χ3n) is 2.68. The zero-order valence-corrected chi connectivity index (χ0v) is 11.5. The molecule has 7 nitrogen and oxygen atoms in total. The largest absolute Gasteiger partial charge is 0.343 e. The van der Waals surface area contributed by atoms with Gasteiger partial charge in [-0.15, -0.1) is 0 Å². The standard InChI is InChI=1S/C13H10N4O3S/c18-10-5-8(1-3-14-10)12-16-11(20-17-12)6-15-13(19)9-2-4-21-7-9/h1-5,7H,6H2,(H,14,18)(H,15,19). The number of thiophene rings is 1. The predicted molar refractivity (Wildman–Crippen MR) is 75.8 cm³/mol. The molecule has 0 spiro atoms. The average molecular weight is 302 g/mol. The second kappa shape index (κ2) is 5.71. The summed E-state index contributed by atoms with van der Waals surface area (Å²) in [6.45, 7) is 0.130. The van der Waals surface area contributed by atoms with E-state index in [1.807, 2.05) is 5.38 Å². The van der Waals surface area contributed by atoms with Crippen molar-refractivity contribution in [2.75, 3.05) is 0 Å². The second-order valence-corrected chi connectivity index (χ2v) is 4.93. The first kappa shape index (κ1) is 13.3. The molecule has 0 atom stereocenters. The van der Waals surface area contributed by atoms with Gasteiger partial charge in [-0.05, 0) is 17.5 Å². The highest BCUT2D eigenvalue weighted by Gasteiger charge is 2.11. The Balaban J connectivity index is 1.68. The van der Waals surface area contributed by atoms with Crippen LogP contribution in [0.25, 0.3) is 11.4 Å². The van der Waals surface area contributed by atoms with Gasteiger partial charge in [-0.3, -0.25) is 9.59 Å². The van der Waals surface area contributed by atoms with Gasteiger partial charge in [0.15, 0.2) is 0 Å². The first-order valence-electron chi connectivity index (χ1n) is 6.04. The number of nitrogens with one attached hydrogen (secondary N) is 2. The summed E-state index contributed by atoms with van der Waals surface area (Å²) in [5.41, 5.74) is 0.900. The highest BCUT2D eigenvalue weighted by molar-refractivity contribution is 7.08. The Morgan fingerprint density at radius 3 is 3.10 bits per heavy atom. The minimum atomic E-state index is -0.246. The lowest BCUT2D eigenvalue weighted by molar-refractivity contribution is 0.0946. The topological polar surface area (TPSA) is 101 Å². The van der Waals surface area contributed by atoms with E-state index in [4.69, 9.17) is 4.52 Å². The lowest BCUT2D eigenvalue weighted by Crippen LogP contribution is -2.22. The number of aromatic amines is 1. The second-order valence-electron chi connectivity index (χ2n) is 4.15. The maximum atomic E-state index is 11.8. The van der Waals surface area contributed by atoms with Crippen molar-refractivity contribution < 1.29 is 9.32 Å². The first-order chi connectivity index (χ1) is 10.2. The fraction of sp³-hybridized carbons (Fsp3) is 0.0769. The zero-order chi connectivity index (χ0) is 14.7. The molecular weight excluding hydrogens is 292 g/mol. The van der Waals surface area contributed by atoms with Gasteiger partial charge in [0, 0.05) is 28.8 Å². The van der Waals surface area contributed by atoms with Crippen LogP contribution in [0.1, 0.15) is 16.2 Å². The van der Waals surface area contributed by atoms with Gasteiger partial charge in [0.25, 0.3) is 5.91 Å². The van der Waals surface area contributed by atoms with E-state index in [-0.39, 0.29) is 23.9 Å². The van der Waals surface area contributed by atoms with Crippen LogP contribution in [0.5, 0.6) is 0 Å². The van der Waals surface area contributed by atoms with E-state index >= 15 is 0 Å². The van der Waals surface area contributed by atoms with Crippen LogP contribution >= 0.6 is 11.3 Å². The maximum absolute atomic E-state index is 11.8. The fourth-order valence-corrected chi connectivity index (χ4v) is 2.32. The molecule has 0 aliphatic carbocycles. The molecule has 2 N–H and O–H groups in total. The molecule has 0 saturated carbocycles. The van der Waals surface area contributed by atoms with Crippen LogP contribution in [0.2, 0.25) is 0 Å². The minimum Gasteiger partial charge on any atom is -0.343 e. The summed E-state index contributed by atoms with van der Waals surface area (Å²) in [5, 5.41) is 10.0. The Morgan fingerprint density at radius 1 is 1.43 bits per heavy atom. The van der Waals surface area contributed by atoms with Gasteiger partial charge < -0.3 is 14.8 Å². The highest BCUT2D eigenvalue weighted by atomic mass is 32.1. The highest BCUT2D eigenvalue weighted by Crippen LogP contribution is 2.12. The SMILES string of the molecule is O=C(NCc1nc(-c2cc[nH]c(=O)c2)no1)c1ccsc1. The van der Waals surface area contributed by atoms with E-state index < -0.39 is 0 Å². The van der Waals surface area contributed by atoms with Gasteiger partial charge in [-0.2, -0.15) is 16.3 Å². The van der Waals surface area contributed by atoms with E-state index in [0.29, 0.717) is 17.0 Å². The summed E-state index contributed by atoms with van der Waals surface area (Å²) >= 11 is 1.45. The third kappa shape index (κ3) is 3.06. The summed E-state index contributed by atoms with van der Waals surface area (Å²) in [6, 6.07) is 4.77. The number of pyridine rings is 1. The number of carbonyl (C=O) groups excluding carboxylic acids is 1. The molecule has 3 heterocycles. The van der Waals surface area contributed by atoms with Crippen molar-refractivity contribution in [1.82, 2.24) is 20.4 Å². The number of H-pyrrole nitrogens is 1. The van der Waals surface area contributed by atoms with Crippen LogP contribution in [0, 0.1) is 0 Å². The lowest BCUT2D eigenvalue weighted by Gasteiger charge is -1.98. The van der Waals surface area contributed by atoms with Gasteiger partial charge in [0.2, 0.25) is 17.3 Å². The number of aromatic nitrogens is 3. The Labute approximate surface area is 122 Å². The van der Waals surface area contributed by atoms with Crippen LogP contribution in [0.15, 0.2) is 44.5 Å². The third-order valence-corrected chi connectivity index (χ3v) is 3.37. The summed E-state index contributed by atoms with van der Waals surface area (Å²) in [7, 11) is 0. The van der Waals surface area contributed by atoms with Crippen LogP contribution in [-0.2, 0) is 6.54 Å². The summed E-state index contributed by atoms with van der Waals surface area (Å²) < 4.78 is 5.04. The smallest absolute Gasteiger partial charge is 0.252 e. The molecule has 0 radical (unpaired) electrons. The predicted octanol–water partition coefficient (Wildman–Crippen LogP) is 1.42. The molecule has 8 heteroatoms. The van der Waals surface area contributed by atoms with Crippen LogP contribution in [0.3, 0.4) is 0 Å². The Hall–Kier alpha value is -2.74. The number of carbonyl (C=O) groups is 1. The molecule has 0 aliphatic heterocycles. The van der Waals surface area contributed by atoms with E-state index in [1.54, 1.807) is 17.5 Å². The van der Waals surface area contributed by atoms with Crippen LogP contribution in [0.4, 0.5) is 0 Å². The van der Waals surface area contributed by atoms with Gasteiger partial charge in [-0.25, -0.2) is 0 Å². The lowest BCUT2D eigenvalue weighted by atomic mass is 10.2. The number of nitrogens with zero attached hydrogens (tertiary/aromatic N) is 2. The molecule has 0 saturated heterocycles. The Kier molecular flexibility index (Phi) is 3.61. The van der Waals surface area contributed by atoms with E-state index in [1.165, 1.54) is 23.6 Å². The van der Waals surface area contributed by atoms with Crippen molar-refractivity contribution in [2.45, 2.75) is 6.54 Å². The molecule has 3 aromatic heterocycles. The molecule has 1 amide bonds. The van der Waals surface area contributed by atoms with Crippen molar-refractivity contribution in [3.63, 3.8) is 0 Å². The molecule has 3 aromatic rings. The normalized spacial score (nSPS) is 10.5. The zero-order valence-electron chi connectivity index (χ0n) is 10.7. The summed E-state index contributed by atoms with van der Waals surface area (Å²) in [6.07, 6.45) is 1.51. The van der Waals surface area contributed by atoms with Gasteiger partial charge in [-0.1, -0.05) is 5.16 Å². The van der Waals surface area contributed by atoms with Crippen molar-refractivity contribution in [3.8, 4) is 11.4 Å². The first-order valence-corrected chi connectivity index (χ1v) is 6.99. The summed E-state index contributed by atoms with van der Waals surface area (Å²) in [5.74, 6) is 0.377. The number of hydrogen-bond acceptors (Lipinski definition) is 6. The van der Waals surface area contributed by atoms with Crippen molar-refractivity contribution in [2.24, 2.45) is 0 Å². The Morgan fingerprint density at radius 2 is 2.33 bits per heavy atom. The molecule has 0 bridgehead atoms. The van der Waals surface area contributed by atoms with Crippen molar-refractivity contribution >= 4 is 17.2 Å². The molecular formula is C13H10N4O3S. The van der Waals surface area contributed by atoms with E-state index in [0.717, 1.165) is 0 Å². The molecule has 3 rings (SSSR count). The van der Waals surface area contributed by atoms with Crippen molar-refractivity contribution in [1.29, 1.82) is 0 Å². The fourth-order valence-electron chi connectivity index (χ4n) is 1.68. The molecule has 21 heavy (non-hydrogen) atoms. The number of hydrogen-bond donors (Lipinski definition) is 2.